The second-order valence-electron chi connectivity index (χ2n) is 3.93. The number of nitrogens with zero attached hydrogens (tertiary/aromatic N) is 1. The minimum Gasteiger partial charge on any atom is -0.319 e. The molecule has 78 valence electrons. The van der Waals surface area contributed by atoms with Crippen LogP contribution in [0.3, 0.4) is 0 Å². The lowest BCUT2D eigenvalue weighted by Gasteiger charge is -2.10. The number of allylic oxidation sites excluding steroid dienone is 1. The zero-order valence-electron chi connectivity index (χ0n) is 9.42. The van der Waals surface area contributed by atoms with Crippen LogP contribution in [0, 0.1) is 5.41 Å². The highest BCUT2D eigenvalue weighted by atomic mass is 16.7. The zero-order chi connectivity index (χ0) is 11.2. The number of hydrogen-bond acceptors (Lipinski definition) is 3. The summed E-state index contributed by atoms with van der Waals surface area (Å²) < 4.78 is 0. The van der Waals surface area contributed by atoms with E-state index >= 15 is 0 Å². The maximum atomic E-state index is 10.4. The SMILES string of the molecule is CC(=O)O/N=C/C(C)(C)C=C=C(C)C. The molecule has 0 radical (unpaired) electrons. The Hall–Kier alpha value is -1.34. The van der Waals surface area contributed by atoms with Gasteiger partial charge in [0.2, 0.25) is 0 Å². The van der Waals surface area contributed by atoms with Crippen LogP contribution in [0.2, 0.25) is 0 Å². The van der Waals surface area contributed by atoms with Crippen molar-refractivity contribution in [3.05, 3.63) is 17.4 Å². The van der Waals surface area contributed by atoms with Gasteiger partial charge < -0.3 is 4.84 Å². The van der Waals surface area contributed by atoms with E-state index in [0.29, 0.717) is 0 Å². The van der Waals surface area contributed by atoms with Crippen LogP contribution in [-0.4, -0.2) is 12.2 Å². The number of hydrogen-bond donors (Lipinski definition) is 0. The molecule has 0 heterocycles. The van der Waals surface area contributed by atoms with E-state index in [0.717, 1.165) is 5.57 Å². The molecule has 3 heteroatoms. The van der Waals surface area contributed by atoms with Crippen LogP contribution in [0.4, 0.5) is 0 Å². The van der Waals surface area contributed by atoms with Crippen molar-refractivity contribution in [3.8, 4) is 0 Å². The summed E-state index contributed by atoms with van der Waals surface area (Å²) in [6, 6.07) is 0. The van der Waals surface area contributed by atoms with Crippen LogP contribution in [0.1, 0.15) is 34.6 Å². The fourth-order valence-electron chi connectivity index (χ4n) is 0.604. The molecule has 0 N–H and O–H groups in total. The quantitative estimate of drug-likeness (QED) is 0.300. The van der Waals surface area contributed by atoms with Crippen LogP contribution < -0.4 is 0 Å². The third-order valence-corrected chi connectivity index (χ3v) is 1.30. The van der Waals surface area contributed by atoms with E-state index in [2.05, 4.69) is 15.7 Å². The van der Waals surface area contributed by atoms with Crippen molar-refractivity contribution in [2.45, 2.75) is 34.6 Å². The highest BCUT2D eigenvalue weighted by molar-refractivity contribution is 5.70. The topological polar surface area (TPSA) is 38.7 Å². The van der Waals surface area contributed by atoms with Crippen molar-refractivity contribution >= 4 is 12.2 Å². The summed E-state index contributed by atoms with van der Waals surface area (Å²) in [5.41, 5.74) is 3.92. The molecule has 14 heavy (non-hydrogen) atoms. The van der Waals surface area contributed by atoms with E-state index in [9.17, 15) is 4.79 Å². The Labute approximate surface area is 85.1 Å². The maximum absolute atomic E-state index is 10.4. The molecule has 0 saturated heterocycles. The van der Waals surface area contributed by atoms with Crippen LogP contribution in [0.5, 0.6) is 0 Å². The first kappa shape index (κ1) is 12.7. The molecule has 0 rings (SSSR count). The second kappa shape index (κ2) is 5.40. The molecule has 0 aliphatic carbocycles. The molecule has 0 unspecified atom stereocenters. The molecule has 0 bridgehead atoms. The van der Waals surface area contributed by atoms with Gasteiger partial charge in [-0.05, 0) is 25.5 Å². The molecular formula is C11H17NO2. The fraction of sp³-hybridized carbons (Fsp3) is 0.545. The van der Waals surface area contributed by atoms with Gasteiger partial charge in [-0.15, -0.1) is 5.73 Å². The lowest BCUT2D eigenvalue weighted by Crippen LogP contribution is -2.09. The number of carbonyl (C=O) groups excluding carboxylic acids is 1. The van der Waals surface area contributed by atoms with E-state index < -0.39 is 5.97 Å². The molecule has 0 spiro atoms. The van der Waals surface area contributed by atoms with Crippen molar-refractivity contribution in [1.82, 2.24) is 0 Å². The summed E-state index contributed by atoms with van der Waals surface area (Å²) >= 11 is 0. The largest absolute Gasteiger partial charge is 0.331 e. The van der Waals surface area contributed by atoms with Crippen LogP contribution in [0.15, 0.2) is 22.5 Å². The van der Waals surface area contributed by atoms with Gasteiger partial charge in [0.25, 0.3) is 0 Å². The van der Waals surface area contributed by atoms with Gasteiger partial charge in [0.15, 0.2) is 0 Å². The van der Waals surface area contributed by atoms with Gasteiger partial charge in [0.05, 0.1) is 6.21 Å². The summed E-state index contributed by atoms with van der Waals surface area (Å²) in [5.74, 6) is -0.414. The summed E-state index contributed by atoms with van der Waals surface area (Å²) in [7, 11) is 0. The molecule has 0 aliphatic heterocycles. The van der Waals surface area contributed by atoms with E-state index in [1.54, 1.807) is 6.21 Å². The summed E-state index contributed by atoms with van der Waals surface area (Å²) in [6.45, 7) is 9.16. The maximum Gasteiger partial charge on any atom is 0.331 e. The van der Waals surface area contributed by atoms with Gasteiger partial charge in [-0.1, -0.05) is 19.0 Å². The predicted molar refractivity (Wildman–Crippen MR) is 57.0 cm³/mol. The third-order valence-electron chi connectivity index (χ3n) is 1.30. The molecule has 0 amide bonds. The van der Waals surface area contributed by atoms with Crippen LogP contribution >= 0.6 is 0 Å². The minimum atomic E-state index is -0.414. The van der Waals surface area contributed by atoms with E-state index in [-0.39, 0.29) is 5.41 Å². The van der Waals surface area contributed by atoms with Gasteiger partial charge in [-0.25, -0.2) is 4.79 Å². The molecule has 0 aromatic carbocycles. The zero-order valence-corrected chi connectivity index (χ0v) is 9.42. The number of carbonyl (C=O) groups is 1. The number of rotatable bonds is 3. The minimum absolute atomic E-state index is 0.257. The van der Waals surface area contributed by atoms with Crippen LogP contribution in [-0.2, 0) is 9.63 Å². The highest BCUT2D eigenvalue weighted by Crippen LogP contribution is 2.13. The first-order valence-corrected chi connectivity index (χ1v) is 4.47. The molecule has 3 nitrogen and oxygen atoms in total. The molecule has 0 aromatic rings. The van der Waals surface area contributed by atoms with Crippen molar-refractivity contribution in [2.75, 3.05) is 0 Å². The van der Waals surface area contributed by atoms with Crippen molar-refractivity contribution in [3.63, 3.8) is 0 Å². The van der Waals surface area contributed by atoms with E-state index in [1.807, 2.05) is 33.8 Å². The highest BCUT2D eigenvalue weighted by Gasteiger charge is 2.10. The van der Waals surface area contributed by atoms with Gasteiger partial charge in [-0.2, -0.15) is 0 Å². The Morgan fingerprint density at radius 1 is 1.36 bits per heavy atom. The first-order chi connectivity index (χ1) is 6.33. The molecule has 0 aliphatic rings. The van der Waals surface area contributed by atoms with E-state index in [1.165, 1.54) is 6.92 Å². The second-order valence-corrected chi connectivity index (χ2v) is 3.93. The lowest BCUT2D eigenvalue weighted by molar-refractivity contribution is -0.140. The lowest BCUT2D eigenvalue weighted by atomic mass is 9.95. The first-order valence-electron chi connectivity index (χ1n) is 4.47. The average molecular weight is 195 g/mol. The Balaban J connectivity index is 4.42. The fourth-order valence-corrected chi connectivity index (χ4v) is 0.604. The molecule has 0 saturated carbocycles. The Morgan fingerprint density at radius 3 is 2.36 bits per heavy atom. The normalized spacial score (nSPS) is 10.9. The standard InChI is InChI=1S/C11H17NO2/c1-9(2)6-7-11(4,5)8-12-14-10(3)13/h7-8H,1-5H3/b12-8+. The Morgan fingerprint density at radius 2 is 1.93 bits per heavy atom. The van der Waals surface area contributed by atoms with Gasteiger partial charge >= 0.3 is 5.97 Å². The van der Waals surface area contributed by atoms with E-state index in [4.69, 9.17) is 0 Å². The molecule has 0 atom stereocenters. The molecule has 0 fully saturated rings. The Bertz CT molecular complexity index is 290. The summed E-state index contributed by atoms with van der Waals surface area (Å²) in [4.78, 5) is 14.9. The summed E-state index contributed by atoms with van der Waals surface area (Å²) in [6.07, 6.45) is 3.46. The smallest absolute Gasteiger partial charge is 0.319 e. The van der Waals surface area contributed by atoms with Crippen molar-refractivity contribution in [2.24, 2.45) is 10.6 Å². The van der Waals surface area contributed by atoms with Crippen LogP contribution in [0.25, 0.3) is 0 Å². The average Bonchev–Trinajstić information content (AvgIpc) is 2.00. The van der Waals surface area contributed by atoms with Crippen molar-refractivity contribution in [1.29, 1.82) is 0 Å². The molecule has 0 aromatic heterocycles. The van der Waals surface area contributed by atoms with Gasteiger partial charge in [0.1, 0.15) is 0 Å². The van der Waals surface area contributed by atoms with Gasteiger partial charge in [-0.3, -0.25) is 0 Å². The molecular weight excluding hydrogens is 178 g/mol. The van der Waals surface area contributed by atoms with Crippen molar-refractivity contribution < 1.29 is 9.63 Å². The number of oxime groups is 1. The predicted octanol–water partition coefficient (Wildman–Crippen LogP) is 2.68. The Kier molecular flexibility index (Phi) is 4.89. The summed E-state index contributed by atoms with van der Waals surface area (Å²) in [5, 5.41) is 3.57. The monoisotopic (exact) mass is 195 g/mol. The third kappa shape index (κ3) is 7.32. The van der Waals surface area contributed by atoms with Gasteiger partial charge in [0, 0.05) is 12.3 Å².